The topological polar surface area (TPSA) is 75.7 Å². The standard InChI is InChI=1S/C34H29Cl2FN2O4/c35-28-13-20(14-29(36)30(28)43-18-19-2-1-3-25(37)11-19)12-27-31(40)38-33(42)39(32(27)41)26-6-4-24(5-7-26)34-15-21-8-22(16-34)10-23(9-21)17-34/h1-7,11-14,21-23H,8-10,15-18H2,(H,38,40,42)/b27-12+. The van der Waals surface area contributed by atoms with E-state index < -0.39 is 17.8 Å². The van der Waals surface area contributed by atoms with Crippen LogP contribution in [0.3, 0.4) is 0 Å². The number of benzene rings is 3. The second kappa shape index (κ2) is 10.8. The van der Waals surface area contributed by atoms with Gasteiger partial charge in [-0.1, -0.05) is 47.5 Å². The summed E-state index contributed by atoms with van der Waals surface area (Å²) in [5.41, 5.74) is 2.60. The van der Waals surface area contributed by atoms with Crippen LogP contribution in [0, 0.1) is 23.6 Å². The van der Waals surface area contributed by atoms with E-state index >= 15 is 0 Å². The summed E-state index contributed by atoms with van der Waals surface area (Å²) in [6.07, 6.45) is 9.03. The number of hydrogen-bond acceptors (Lipinski definition) is 4. The zero-order valence-corrected chi connectivity index (χ0v) is 24.8. The fourth-order valence-corrected chi connectivity index (χ4v) is 8.68. The molecule has 1 heterocycles. The Balaban J connectivity index is 1.12. The maximum absolute atomic E-state index is 13.5. The first-order valence-electron chi connectivity index (χ1n) is 14.6. The third kappa shape index (κ3) is 5.23. The molecule has 5 aliphatic rings. The van der Waals surface area contributed by atoms with Gasteiger partial charge in [0.1, 0.15) is 18.0 Å². The number of nitrogens with one attached hydrogen (secondary N) is 1. The third-order valence-electron chi connectivity index (χ3n) is 9.48. The molecule has 0 unspecified atom stereocenters. The highest BCUT2D eigenvalue weighted by molar-refractivity contribution is 6.40. The predicted molar refractivity (Wildman–Crippen MR) is 162 cm³/mol. The Morgan fingerprint density at radius 1 is 0.907 bits per heavy atom. The van der Waals surface area contributed by atoms with E-state index in [0.29, 0.717) is 16.8 Å². The molecule has 4 bridgehead atoms. The second-order valence-electron chi connectivity index (χ2n) is 12.4. The highest BCUT2D eigenvalue weighted by Crippen LogP contribution is 2.60. The Labute approximate surface area is 258 Å². The first-order chi connectivity index (χ1) is 20.7. The molecule has 4 aliphatic carbocycles. The van der Waals surface area contributed by atoms with Crippen LogP contribution in [0.25, 0.3) is 6.08 Å². The number of amides is 4. The summed E-state index contributed by atoms with van der Waals surface area (Å²) in [6.45, 7) is 0.0389. The molecule has 3 aromatic carbocycles. The molecule has 0 spiro atoms. The van der Waals surface area contributed by atoms with Crippen LogP contribution in [-0.2, 0) is 21.6 Å². The molecule has 0 radical (unpaired) electrons. The van der Waals surface area contributed by atoms with Crippen molar-refractivity contribution >= 4 is 52.8 Å². The van der Waals surface area contributed by atoms with Gasteiger partial charge >= 0.3 is 6.03 Å². The van der Waals surface area contributed by atoms with Crippen molar-refractivity contribution in [1.29, 1.82) is 0 Å². The van der Waals surface area contributed by atoms with E-state index in [1.54, 1.807) is 24.3 Å². The molecule has 0 aromatic heterocycles. The molecule has 6 nitrogen and oxygen atoms in total. The number of rotatable bonds is 6. The molecule has 1 aliphatic heterocycles. The quantitative estimate of drug-likeness (QED) is 0.225. The van der Waals surface area contributed by atoms with Gasteiger partial charge < -0.3 is 4.74 Å². The van der Waals surface area contributed by atoms with Crippen molar-refractivity contribution in [2.45, 2.75) is 50.5 Å². The van der Waals surface area contributed by atoms with Crippen LogP contribution in [0.15, 0.2) is 66.2 Å². The molecule has 220 valence electrons. The van der Waals surface area contributed by atoms with Crippen LogP contribution in [0.1, 0.15) is 55.2 Å². The monoisotopic (exact) mass is 618 g/mol. The van der Waals surface area contributed by atoms with Crippen molar-refractivity contribution in [3.05, 3.63) is 98.8 Å². The number of carbonyl (C=O) groups excluding carboxylic acids is 3. The molecule has 0 atom stereocenters. The Kier molecular flexibility index (Phi) is 7.06. The Morgan fingerprint density at radius 3 is 2.14 bits per heavy atom. The average molecular weight is 620 g/mol. The Bertz CT molecular complexity index is 1630. The number of ether oxygens (including phenoxy) is 1. The van der Waals surface area contributed by atoms with Crippen LogP contribution in [0.2, 0.25) is 10.0 Å². The van der Waals surface area contributed by atoms with Gasteiger partial charge in [0.25, 0.3) is 11.8 Å². The number of urea groups is 1. The Hall–Kier alpha value is -3.68. The van der Waals surface area contributed by atoms with E-state index in [4.69, 9.17) is 27.9 Å². The number of imide groups is 2. The van der Waals surface area contributed by atoms with E-state index in [9.17, 15) is 18.8 Å². The van der Waals surface area contributed by atoms with Crippen molar-refractivity contribution in [2.75, 3.05) is 4.90 Å². The number of hydrogen-bond donors (Lipinski definition) is 1. The molecule has 5 fully saturated rings. The molecular formula is C34H29Cl2FN2O4. The van der Waals surface area contributed by atoms with Crippen LogP contribution >= 0.6 is 23.2 Å². The Morgan fingerprint density at radius 2 is 1.53 bits per heavy atom. The summed E-state index contributed by atoms with van der Waals surface area (Å²) >= 11 is 12.9. The van der Waals surface area contributed by atoms with E-state index in [1.807, 2.05) is 12.1 Å². The molecule has 43 heavy (non-hydrogen) atoms. The minimum Gasteiger partial charge on any atom is -0.486 e. The SMILES string of the molecule is O=C1NC(=O)N(c2ccc(C34CC5CC(CC(C5)C3)C4)cc2)C(=O)/C1=C/c1cc(Cl)c(OCc2cccc(F)c2)c(Cl)c1. The smallest absolute Gasteiger partial charge is 0.335 e. The largest absolute Gasteiger partial charge is 0.486 e. The van der Waals surface area contributed by atoms with E-state index in [2.05, 4.69) is 5.32 Å². The van der Waals surface area contributed by atoms with Gasteiger partial charge in [-0.3, -0.25) is 14.9 Å². The highest BCUT2D eigenvalue weighted by atomic mass is 35.5. The third-order valence-corrected chi connectivity index (χ3v) is 10.0. The van der Waals surface area contributed by atoms with Crippen LogP contribution in [0.4, 0.5) is 14.9 Å². The lowest BCUT2D eigenvalue weighted by molar-refractivity contribution is -0.122. The molecule has 9 heteroatoms. The summed E-state index contributed by atoms with van der Waals surface area (Å²) in [5.74, 6) is 0.650. The minimum atomic E-state index is -0.810. The average Bonchev–Trinajstić information content (AvgIpc) is 2.94. The summed E-state index contributed by atoms with van der Waals surface area (Å²) in [6, 6.07) is 15.9. The molecule has 1 N–H and O–H groups in total. The zero-order valence-electron chi connectivity index (χ0n) is 23.2. The van der Waals surface area contributed by atoms with Gasteiger partial charge in [-0.15, -0.1) is 0 Å². The number of nitrogens with zero attached hydrogens (tertiary/aromatic N) is 1. The molecular weight excluding hydrogens is 590 g/mol. The van der Waals surface area contributed by atoms with E-state index in [-0.39, 0.29) is 39.2 Å². The fraction of sp³-hybridized carbons (Fsp3) is 0.324. The van der Waals surface area contributed by atoms with Gasteiger partial charge in [0.15, 0.2) is 5.75 Å². The van der Waals surface area contributed by atoms with Crippen molar-refractivity contribution < 1.29 is 23.5 Å². The fourth-order valence-electron chi connectivity index (χ4n) is 8.07. The summed E-state index contributed by atoms with van der Waals surface area (Å²) in [7, 11) is 0. The number of barbiturate groups is 1. The van der Waals surface area contributed by atoms with Crippen molar-refractivity contribution in [3.8, 4) is 5.75 Å². The zero-order chi connectivity index (χ0) is 29.9. The van der Waals surface area contributed by atoms with Crippen LogP contribution < -0.4 is 15.0 Å². The van der Waals surface area contributed by atoms with Gasteiger partial charge in [-0.25, -0.2) is 14.1 Å². The van der Waals surface area contributed by atoms with Gasteiger partial charge in [0, 0.05) is 0 Å². The first-order valence-corrected chi connectivity index (χ1v) is 15.3. The first kappa shape index (κ1) is 28.1. The van der Waals surface area contributed by atoms with Crippen LogP contribution in [-0.4, -0.2) is 17.8 Å². The summed E-state index contributed by atoms with van der Waals surface area (Å²) in [5, 5.41) is 2.56. The normalized spacial score (nSPS) is 27.1. The van der Waals surface area contributed by atoms with Gasteiger partial charge in [0.2, 0.25) is 0 Å². The molecule has 3 aromatic rings. The maximum Gasteiger partial charge on any atom is 0.335 e. The molecule has 4 amide bonds. The molecule has 8 rings (SSSR count). The maximum atomic E-state index is 13.5. The lowest BCUT2D eigenvalue weighted by Crippen LogP contribution is -2.54. The number of halogens is 3. The number of anilines is 1. The molecule has 1 saturated heterocycles. The van der Waals surface area contributed by atoms with Crippen molar-refractivity contribution in [2.24, 2.45) is 17.8 Å². The lowest BCUT2D eigenvalue weighted by atomic mass is 9.48. The highest BCUT2D eigenvalue weighted by Gasteiger charge is 2.51. The number of carbonyl (C=O) groups is 3. The van der Waals surface area contributed by atoms with E-state index in [0.717, 1.165) is 22.7 Å². The van der Waals surface area contributed by atoms with Crippen molar-refractivity contribution in [3.63, 3.8) is 0 Å². The summed E-state index contributed by atoms with van der Waals surface area (Å²) in [4.78, 5) is 40.1. The lowest BCUT2D eigenvalue weighted by Gasteiger charge is -2.57. The van der Waals surface area contributed by atoms with Gasteiger partial charge in [0.05, 0.1) is 15.7 Å². The predicted octanol–water partition coefficient (Wildman–Crippen LogP) is 7.85. The van der Waals surface area contributed by atoms with Crippen LogP contribution in [0.5, 0.6) is 5.75 Å². The molecule has 4 saturated carbocycles. The summed E-state index contributed by atoms with van der Waals surface area (Å²) < 4.78 is 19.2. The van der Waals surface area contributed by atoms with Crippen molar-refractivity contribution in [1.82, 2.24) is 5.32 Å². The second-order valence-corrected chi connectivity index (χ2v) is 13.2. The van der Waals surface area contributed by atoms with Gasteiger partial charge in [-0.2, -0.15) is 0 Å². The van der Waals surface area contributed by atoms with Gasteiger partial charge in [-0.05, 0) is 121 Å². The van der Waals surface area contributed by atoms with E-state index in [1.165, 1.54) is 74.4 Å². The minimum absolute atomic E-state index is 0.0389.